The van der Waals surface area contributed by atoms with E-state index < -0.39 is 0 Å². The molecule has 0 saturated heterocycles. The SMILES string of the molecule is CNc1nnc(CC(=O)N2CC(C)Oc3c(Cl)cccc32)s1. The summed E-state index contributed by atoms with van der Waals surface area (Å²) in [6.07, 6.45) is 0.0940. The molecule has 2 heterocycles. The van der Waals surface area contributed by atoms with Crippen molar-refractivity contribution in [2.24, 2.45) is 0 Å². The average molecular weight is 339 g/mol. The van der Waals surface area contributed by atoms with Gasteiger partial charge in [-0.2, -0.15) is 0 Å². The van der Waals surface area contributed by atoms with Crippen LogP contribution in [0.1, 0.15) is 11.9 Å². The molecule has 3 rings (SSSR count). The van der Waals surface area contributed by atoms with Gasteiger partial charge >= 0.3 is 0 Å². The highest BCUT2D eigenvalue weighted by Gasteiger charge is 2.29. The van der Waals surface area contributed by atoms with Gasteiger partial charge in [0.1, 0.15) is 11.1 Å². The van der Waals surface area contributed by atoms with Gasteiger partial charge in [-0.15, -0.1) is 10.2 Å². The topological polar surface area (TPSA) is 67.4 Å². The summed E-state index contributed by atoms with van der Waals surface area (Å²) < 4.78 is 5.75. The average Bonchev–Trinajstić information content (AvgIpc) is 2.95. The Labute approximate surface area is 137 Å². The lowest BCUT2D eigenvalue weighted by atomic mass is 10.2. The minimum Gasteiger partial charge on any atom is -0.485 e. The Morgan fingerprint density at radius 3 is 3.09 bits per heavy atom. The summed E-state index contributed by atoms with van der Waals surface area (Å²) in [6.45, 7) is 2.40. The molecular formula is C14H15ClN4O2S. The van der Waals surface area contributed by atoms with E-state index >= 15 is 0 Å². The zero-order valence-corrected chi connectivity index (χ0v) is 13.7. The van der Waals surface area contributed by atoms with Gasteiger partial charge in [0.2, 0.25) is 11.0 Å². The van der Waals surface area contributed by atoms with Crippen molar-refractivity contribution in [3.63, 3.8) is 0 Å². The molecule has 1 aromatic heterocycles. The number of amides is 1. The summed E-state index contributed by atoms with van der Waals surface area (Å²) in [7, 11) is 1.77. The zero-order valence-electron chi connectivity index (χ0n) is 12.2. The Bertz CT molecular complexity index is 706. The van der Waals surface area contributed by atoms with Crippen LogP contribution in [0.5, 0.6) is 5.75 Å². The Kier molecular flexibility index (Phi) is 4.17. The lowest BCUT2D eigenvalue weighted by Crippen LogP contribution is -2.43. The molecule has 8 heteroatoms. The van der Waals surface area contributed by atoms with E-state index in [0.717, 1.165) is 0 Å². The van der Waals surface area contributed by atoms with Crippen molar-refractivity contribution in [1.82, 2.24) is 10.2 Å². The van der Waals surface area contributed by atoms with Crippen molar-refractivity contribution in [1.29, 1.82) is 0 Å². The molecule has 1 atom stereocenters. The first kappa shape index (κ1) is 15.1. The normalized spacial score (nSPS) is 16.9. The highest BCUT2D eigenvalue weighted by molar-refractivity contribution is 7.15. The van der Waals surface area contributed by atoms with Crippen molar-refractivity contribution in [2.75, 3.05) is 23.8 Å². The van der Waals surface area contributed by atoms with Crippen molar-refractivity contribution < 1.29 is 9.53 Å². The molecule has 2 aromatic rings. The second kappa shape index (κ2) is 6.10. The fourth-order valence-corrected chi connectivity index (χ4v) is 3.21. The third-order valence-electron chi connectivity index (χ3n) is 3.28. The first-order valence-corrected chi connectivity index (χ1v) is 8.03. The first-order valence-electron chi connectivity index (χ1n) is 6.84. The quantitative estimate of drug-likeness (QED) is 0.931. The van der Waals surface area contributed by atoms with Crippen LogP contribution in [0, 0.1) is 0 Å². The summed E-state index contributed by atoms with van der Waals surface area (Å²) in [4.78, 5) is 14.3. The third kappa shape index (κ3) is 2.86. The Morgan fingerprint density at radius 1 is 1.55 bits per heavy atom. The Hall–Kier alpha value is -1.86. The van der Waals surface area contributed by atoms with Gasteiger partial charge in [-0.05, 0) is 19.1 Å². The first-order chi connectivity index (χ1) is 10.6. The summed E-state index contributed by atoms with van der Waals surface area (Å²) >= 11 is 7.54. The van der Waals surface area contributed by atoms with Crippen LogP contribution in [0.3, 0.4) is 0 Å². The maximum absolute atomic E-state index is 12.6. The number of nitrogens with zero attached hydrogens (tertiary/aromatic N) is 3. The number of ether oxygens (including phenoxy) is 1. The van der Waals surface area contributed by atoms with Gasteiger partial charge < -0.3 is 15.0 Å². The van der Waals surface area contributed by atoms with E-state index in [-0.39, 0.29) is 18.4 Å². The van der Waals surface area contributed by atoms with E-state index in [1.54, 1.807) is 18.0 Å². The molecule has 0 fully saturated rings. The van der Waals surface area contributed by atoms with E-state index in [1.165, 1.54) is 11.3 Å². The number of hydrogen-bond acceptors (Lipinski definition) is 6. The van der Waals surface area contributed by atoms with Crippen molar-refractivity contribution >= 4 is 39.7 Å². The van der Waals surface area contributed by atoms with E-state index in [2.05, 4.69) is 15.5 Å². The van der Waals surface area contributed by atoms with Crippen LogP contribution in [0.15, 0.2) is 18.2 Å². The fourth-order valence-electron chi connectivity index (χ4n) is 2.31. The number of carbonyl (C=O) groups excluding carboxylic acids is 1. The predicted octanol–water partition coefficient (Wildman–Crippen LogP) is 2.59. The van der Waals surface area contributed by atoms with E-state index in [0.29, 0.717) is 33.1 Å². The van der Waals surface area contributed by atoms with Crippen molar-refractivity contribution in [3.8, 4) is 5.75 Å². The number of hydrogen-bond donors (Lipinski definition) is 1. The van der Waals surface area contributed by atoms with Gasteiger partial charge in [0.25, 0.3) is 0 Å². The monoisotopic (exact) mass is 338 g/mol. The largest absolute Gasteiger partial charge is 0.485 e. The smallest absolute Gasteiger partial charge is 0.234 e. The van der Waals surface area contributed by atoms with Crippen LogP contribution in [0.25, 0.3) is 0 Å². The minimum atomic E-state index is -0.112. The lowest BCUT2D eigenvalue weighted by Gasteiger charge is -2.33. The molecule has 22 heavy (non-hydrogen) atoms. The number of halogens is 1. The van der Waals surface area contributed by atoms with Crippen LogP contribution in [0.4, 0.5) is 10.8 Å². The second-order valence-electron chi connectivity index (χ2n) is 4.95. The van der Waals surface area contributed by atoms with E-state index in [1.807, 2.05) is 19.1 Å². The molecule has 0 bridgehead atoms. The molecule has 116 valence electrons. The van der Waals surface area contributed by atoms with Crippen molar-refractivity contribution in [3.05, 3.63) is 28.2 Å². The van der Waals surface area contributed by atoms with Crippen LogP contribution in [-0.2, 0) is 11.2 Å². The molecule has 1 aliphatic heterocycles. The Morgan fingerprint density at radius 2 is 2.36 bits per heavy atom. The van der Waals surface area contributed by atoms with Gasteiger partial charge in [0.05, 0.1) is 23.7 Å². The molecule has 0 radical (unpaired) electrons. The molecule has 0 aliphatic carbocycles. The highest BCUT2D eigenvalue weighted by Crippen LogP contribution is 2.39. The number of carbonyl (C=O) groups is 1. The summed E-state index contributed by atoms with van der Waals surface area (Å²) in [5, 5.41) is 12.8. The maximum Gasteiger partial charge on any atom is 0.234 e. The number of benzene rings is 1. The van der Waals surface area contributed by atoms with Gasteiger partial charge in [-0.3, -0.25) is 4.79 Å². The summed E-state index contributed by atoms with van der Waals surface area (Å²) in [6, 6.07) is 5.40. The molecule has 1 N–H and O–H groups in total. The fraction of sp³-hybridized carbons (Fsp3) is 0.357. The molecule has 1 amide bonds. The molecular weight excluding hydrogens is 324 g/mol. The van der Waals surface area contributed by atoms with E-state index in [4.69, 9.17) is 16.3 Å². The van der Waals surface area contributed by atoms with Crippen molar-refractivity contribution in [2.45, 2.75) is 19.4 Å². The molecule has 1 aliphatic rings. The molecule has 0 saturated carbocycles. The van der Waals surface area contributed by atoms with Gasteiger partial charge in [-0.1, -0.05) is 29.0 Å². The predicted molar refractivity (Wildman–Crippen MR) is 87.1 cm³/mol. The summed E-state index contributed by atoms with van der Waals surface area (Å²) in [5.41, 5.74) is 0.703. The van der Waals surface area contributed by atoms with Crippen LogP contribution >= 0.6 is 22.9 Å². The summed E-state index contributed by atoms with van der Waals surface area (Å²) in [5.74, 6) is 0.516. The number of para-hydroxylation sites is 1. The molecule has 0 spiro atoms. The number of fused-ring (bicyclic) bond motifs is 1. The highest BCUT2D eigenvalue weighted by atomic mass is 35.5. The van der Waals surface area contributed by atoms with Crippen LogP contribution in [0.2, 0.25) is 5.02 Å². The van der Waals surface area contributed by atoms with Gasteiger partial charge in [-0.25, -0.2) is 0 Å². The van der Waals surface area contributed by atoms with E-state index in [9.17, 15) is 4.79 Å². The minimum absolute atomic E-state index is 0.0440. The van der Waals surface area contributed by atoms with Crippen LogP contribution in [-0.4, -0.2) is 35.8 Å². The number of rotatable bonds is 3. The molecule has 1 unspecified atom stereocenters. The standard InChI is InChI=1S/C14H15ClN4O2S/c1-8-7-19(10-5-3-4-9(15)13(10)21-8)12(20)6-11-17-18-14(16-2)22-11/h3-5,8H,6-7H2,1-2H3,(H,16,18). The second-order valence-corrected chi connectivity index (χ2v) is 6.42. The lowest BCUT2D eigenvalue weighted by molar-refractivity contribution is -0.118. The zero-order chi connectivity index (χ0) is 15.7. The maximum atomic E-state index is 12.6. The third-order valence-corrected chi connectivity index (χ3v) is 4.52. The van der Waals surface area contributed by atoms with Crippen LogP contribution < -0.4 is 15.0 Å². The number of aromatic nitrogens is 2. The number of nitrogens with one attached hydrogen (secondary N) is 1. The molecule has 6 nitrogen and oxygen atoms in total. The van der Waals surface area contributed by atoms with Gasteiger partial charge in [0, 0.05) is 7.05 Å². The Balaban J connectivity index is 1.85. The molecule has 1 aromatic carbocycles. The number of anilines is 2. The van der Waals surface area contributed by atoms with Gasteiger partial charge in [0.15, 0.2) is 5.75 Å².